The summed E-state index contributed by atoms with van der Waals surface area (Å²) in [4.78, 5) is 32.5. The summed E-state index contributed by atoms with van der Waals surface area (Å²) in [5.41, 5.74) is 2.80. The molecule has 42 heavy (non-hydrogen) atoms. The van der Waals surface area contributed by atoms with E-state index in [2.05, 4.69) is 20.7 Å². The molecule has 1 aliphatic carbocycles. The molecule has 0 spiro atoms. The van der Waals surface area contributed by atoms with Crippen LogP contribution in [0.4, 0.5) is 14.5 Å². The van der Waals surface area contributed by atoms with Gasteiger partial charge in [0.05, 0.1) is 0 Å². The highest BCUT2D eigenvalue weighted by Gasteiger charge is 2.34. The molecule has 3 aromatic carbocycles. The molecule has 1 aromatic heterocycles. The molecule has 218 valence electrons. The molecule has 1 atom stereocenters. The summed E-state index contributed by atoms with van der Waals surface area (Å²) in [5.74, 6) is -1.26. The maximum absolute atomic E-state index is 14.0. The second kappa shape index (κ2) is 12.9. The molecule has 2 amide bonds. The van der Waals surface area contributed by atoms with Gasteiger partial charge in [0.15, 0.2) is 0 Å². The van der Waals surface area contributed by atoms with Gasteiger partial charge >= 0.3 is 0 Å². The predicted octanol–water partition coefficient (Wildman–Crippen LogP) is 4.51. The average Bonchev–Trinajstić information content (AvgIpc) is 3.67. The molecule has 0 saturated heterocycles. The highest BCUT2D eigenvalue weighted by atomic mass is 19.1. The van der Waals surface area contributed by atoms with Crippen LogP contribution in [0, 0.1) is 11.6 Å². The molecule has 1 N–H and O–H groups in total. The number of anilines is 1. The van der Waals surface area contributed by atoms with Gasteiger partial charge in [0, 0.05) is 37.9 Å². The van der Waals surface area contributed by atoms with Crippen molar-refractivity contribution in [3.8, 4) is 11.4 Å². The van der Waals surface area contributed by atoms with Gasteiger partial charge in [-0.2, -0.15) is 4.80 Å². The van der Waals surface area contributed by atoms with Gasteiger partial charge in [0.2, 0.25) is 17.6 Å². The smallest absolute Gasteiger partial charge is 0.247 e. The second-order valence-electron chi connectivity index (χ2n) is 10.7. The Morgan fingerprint density at radius 2 is 1.55 bits per heavy atom. The lowest BCUT2D eigenvalue weighted by atomic mass is 10.0. The Kier molecular flexibility index (Phi) is 8.85. The van der Waals surface area contributed by atoms with Gasteiger partial charge in [-0.25, -0.2) is 8.78 Å². The Bertz CT molecular complexity index is 1500. The number of rotatable bonds is 10. The number of amides is 2. The van der Waals surface area contributed by atoms with Crippen molar-refractivity contribution in [1.29, 1.82) is 0 Å². The van der Waals surface area contributed by atoms with E-state index >= 15 is 0 Å². The molecule has 0 unspecified atom stereocenters. The number of carbonyl (C=O) groups excluding carboxylic acids is 2. The van der Waals surface area contributed by atoms with Crippen molar-refractivity contribution >= 4 is 17.5 Å². The zero-order valence-corrected chi connectivity index (χ0v) is 23.6. The third kappa shape index (κ3) is 6.96. The van der Waals surface area contributed by atoms with Crippen molar-refractivity contribution in [1.82, 2.24) is 30.4 Å². The zero-order valence-electron chi connectivity index (χ0n) is 23.6. The molecule has 0 bridgehead atoms. The van der Waals surface area contributed by atoms with Crippen molar-refractivity contribution < 1.29 is 18.4 Å². The van der Waals surface area contributed by atoms with Crippen LogP contribution in [0.2, 0.25) is 0 Å². The SMILES string of the molecule is CN(C)c1ccc([C@H](C(=O)NC2CCCC2)N(Cc2ccc(F)cc2)C(=O)Cn2nnc(-c3ccc(F)cc3)n2)cc1. The van der Waals surface area contributed by atoms with Crippen LogP contribution in [0.25, 0.3) is 11.4 Å². The van der Waals surface area contributed by atoms with E-state index in [1.165, 1.54) is 41.3 Å². The molecular formula is C31H33F2N7O2. The number of nitrogens with one attached hydrogen (secondary N) is 1. The first-order valence-electron chi connectivity index (χ1n) is 13.9. The van der Waals surface area contributed by atoms with Crippen LogP contribution in [-0.2, 0) is 22.7 Å². The molecule has 0 radical (unpaired) electrons. The molecule has 1 saturated carbocycles. The normalized spacial score (nSPS) is 14.0. The minimum atomic E-state index is -0.959. The number of hydrogen-bond donors (Lipinski definition) is 1. The van der Waals surface area contributed by atoms with Crippen molar-refractivity contribution in [3.63, 3.8) is 0 Å². The number of halogens is 2. The molecule has 1 aliphatic rings. The molecule has 5 rings (SSSR count). The van der Waals surface area contributed by atoms with Crippen LogP contribution in [0.15, 0.2) is 72.8 Å². The topological polar surface area (TPSA) is 96.2 Å². The Morgan fingerprint density at radius 3 is 2.17 bits per heavy atom. The number of tetrazole rings is 1. The fraction of sp³-hybridized carbons (Fsp3) is 0.323. The highest BCUT2D eigenvalue weighted by molar-refractivity contribution is 5.89. The first-order valence-corrected chi connectivity index (χ1v) is 13.9. The summed E-state index contributed by atoms with van der Waals surface area (Å²) in [7, 11) is 3.85. The van der Waals surface area contributed by atoms with E-state index < -0.39 is 23.6 Å². The highest BCUT2D eigenvalue weighted by Crippen LogP contribution is 2.28. The van der Waals surface area contributed by atoms with Crippen molar-refractivity contribution in [3.05, 3.63) is 95.6 Å². The van der Waals surface area contributed by atoms with E-state index in [4.69, 9.17) is 0 Å². The molecule has 9 nitrogen and oxygen atoms in total. The summed E-state index contributed by atoms with van der Waals surface area (Å²) < 4.78 is 27.1. The predicted molar refractivity (Wildman–Crippen MR) is 154 cm³/mol. The van der Waals surface area contributed by atoms with Crippen LogP contribution >= 0.6 is 0 Å². The van der Waals surface area contributed by atoms with Crippen molar-refractivity contribution in [2.75, 3.05) is 19.0 Å². The van der Waals surface area contributed by atoms with Gasteiger partial charge < -0.3 is 15.1 Å². The van der Waals surface area contributed by atoms with Gasteiger partial charge in [0.25, 0.3) is 0 Å². The van der Waals surface area contributed by atoms with Crippen LogP contribution < -0.4 is 10.2 Å². The molecule has 1 fully saturated rings. The van der Waals surface area contributed by atoms with E-state index in [0.29, 0.717) is 16.7 Å². The van der Waals surface area contributed by atoms with Gasteiger partial charge in [-0.1, -0.05) is 37.1 Å². The third-order valence-electron chi connectivity index (χ3n) is 7.41. The summed E-state index contributed by atoms with van der Waals surface area (Å²) in [5, 5.41) is 15.5. The maximum Gasteiger partial charge on any atom is 0.247 e. The largest absolute Gasteiger partial charge is 0.378 e. The fourth-order valence-electron chi connectivity index (χ4n) is 5.12. The third-order valence-corrected chi connectivity index (χ3v) is 7.41. The van der Waals surface area contributed by atoms with Gasteiger partial charge in [0.1, 0.15) is 24.2 Å². The minimum absolute atomic E-state index is 0.0408. The number of aromatic nitrogens is 4. The molecule has 11 heteroatoms. The van der Waals surface area contributed by atoms with E-state index in [9.17, 15) is 18.4 Å². The summed E-state index contributed by atoms with van der Waals surface area (Å²) >= 11 is 0. The molecular weight excluding hydrogens is 540 g/mol. The number of carbonyl (C=O) groups is 2. The quantitative estimate of drug-likeness (QED) is 0.300. The monoisotopic (exact) mass is 573 g/mol. The zero-order chi connectivity index (χ0) is 29.6. The van der Waals surface area contributed by atoms with Crippen LogP contribution in [0.3, 0.4) is 0 Å². The first-order chi connectivity index (χ1) is 20.3. The van der Waals surface area contributed by atoms with Crippen LogP contribution in [0.5, 0.6) is 0 Å². The number of nitrogens with zero attached hydrogens (tertiary/aromatic N) is 6. The summed E-state index contributed by atoms with van der Waals surface area (Å²) in [6.07, 6.45) is 3.86. The lowest BCUT2D eigenvalue weighted by molar-refractivity contribution is -0.142. The van der Waals surface area contributed by atoms with E-state index in [1.807, 2.05) is 43.3 Å². The Labute approximate surface area is 243 Å². The average molecular weight is 574 g/mol. The lowest BCUT2D eigenvalue weighted by Gasteiger charge is -2.32. The molecule has 1 heterocycles. The van der Waals surface area contributed by atoms with Crippen molar-refractivity contribution in [2.24, 2.45) is 0 Å². The van der Waals surface area contributed by atoms with Gasteiger partial charge in [-0.05, 0) is 77.7 Å². The Morgan fingerprint density at radius 1 is 0.929 bits per heavy atom. The van der Waals surface area contributed by atoms with Gasteiger partial charge in [-0.15, -0.1) is 10.2 Å². The minimum Gasteiger partial charge on any atom is -0.378 e. The standard InChI is InChI=1S/C31H33F2N7O2/c1-38(2)27-17-11-22(12-18-27)29(31(42)34-26-5-3-4-6-26)39(19-21-7-13-24(32)14-8-21)28(41)20-40-36-30(35-37-40)23-9-15-25(33)16-10-23/h7-18,26,29H,3-6,19-20H2,1-2H3,(H,34,42)/t29-/m1/s1. The van der Waals surface area contributed by atoms with E-state index in [-0.39, 0.29) is 30.9 Å². The van der Waals surface area contributed by atoms with Gasteiger partial charge in [-0.3, -0.25) is 9.59 Å². The maximum atomic E-state index is 14.0. The van der Waals surface area contributed by atoms with E-state index in [1.54, 1.807) is 12.1 Å². The molecule has 4 aromatic rings. The fourth-order valence-corrected chi connectivity index (χ4v) is 5.12. The number of benzene rings is 3. The Balaban J connectivity index is 1.48. The Hall–Kier alpha value is -4.67. The van der Waals surface area contributed by atoms with Crippen molar-refractivity contribution in [2.45, 2.75) is 50.9 Å². The molecule has 0 aliphatic heterocycles. The lowest BCUT2D eigenvalue weighted by Crippen LogP contribution is -2.46. The van der Waals surface area contributed by atoms with E-state index in [0.717, 1.165) is 36.2 Å². The number of hydrogen-bond acceptors (Lipinski definition) is 6. The van der Waals surface area contributed by atoms with Crippen LogP contribution in [-0.4, -0.2) is 57.1 Å². The summed E-state index contributed by atoms with van der Waals surface area (Å²) in [6, 6.07) is 18.1. The first kappa shape index (κ1) is 28.8. The second-order valence-corrected chi connectivity index (χ2v) is 10.7. The summed E-state index contributed by atoms with van der Waals surface area (Å²) in [6.45, 7) is -0.241. The van der Waals surface area contributed by atoms with Crippen LogP contribution in [0.1, 0.15) is 42.9 Å².